The molecule has 1 unspecified atom stereocenters. The van der Waals surface area contributed by atoms with Crippen molar-refractivity contribution < 1.29 is 5.11 Å². The van der Waals surface area contributed by atoms with Crippen molar-refractivity contribution >= 4 is 0 Å². The highest BCUT2D eigenvalue weighted by Gasteiger charge is 1.89. The summed E-state index contributed by atoms with van der Waals surface area (Å²) in [6, 6.07) is 0. The number of aliphatic hydroxyl groups excluding tert-OH is 1. The van der Waals surface area contributed by atoms with E-state index >= 15 is 0 Å². The highest BCUT2D eigenvalue weighted by molar-refractivity contribution is 4.92. The van der Waals surface area contributed by atoms with Gasteiger partial charge in [0.2, 0.25) is 0 Å². The zero-order valence-corrected chi connectivity index (χ0v) is 3.81. The first-order chi connectivity index (χ1) is 2.64. The third-order valence-corrected chi connectivity index (χ3v) is 0.505. The molecule has 0 aliphatic carbocycles. The molecule has 0 aromatic heterocycles. The van der Waals surface area contributed by atoms with Crippen LogP contribution in [0.25, 0.3) is 0 Å². The van der Waals surface area contributed by atoms with E-state index in [1.807, 2.05) is 0 Å². The van der Waals surface area contributed by atoms with E-state index in [9.17, 15) is 0 Å². The second-order valence-electron chi connectivity index (χ2n) is 1.29. The maximum atomic E-state index is 8.31. The second-order valence-corrected chi connectivity index (χ2v) is 1.29. The third kappa shape index (κ3) is 1.93. The minimum Gasteiger partial charge on any atom is -0.375 e. The highest BCUT2D eigenvalue weighted by Crippen LogP contribution is 1.85. The van der Waals surface area contributed by atoms with Crippen LogP contribution in [0.4, 0.5) is 0 Å². The summed E-state index contributed by atoms with van der Waals surface area (Å²) in [6.45, 7) is 5.05. The molecular weight excluding hydrogens is 78.0 g/mol. The fourth-order valence-corrected chi connectivity index (χ4v) is 0. The predicted octanol–water partition coefficient (Wildman–Crippen LogP) is -0.160. The maximum Gasteiger partial charge on any atom is 0.124 e. The van der Waals surface area contributed by atoms with Crippen molar-refractivity contribution in [1.29, 1.82) is 0 Å². The topological polar surface area (TPSA) is 46.2 Å². The average Bonchev–Trinajstić information content (AvgIpc) is 1.36. The quantitative estimate of drug-likeness (QED) is 0.345. The molecule has 2 nitrogen and oxygen atoms in total. The highest BCUT2D eigenvalue weighted by atomic mass is 16.3. The summed E-state index contributed by atoms with van der Waals surface area (Å²) in [5.74, 6) is 0. The summed E-state index contributed by atoms with van der Waals surface area (Å²) in [6.07, 6.45) is -0.843. The zero-order chi connectivity index (χ0) is 5.15. The molecule has 0 fully saturated rings. The van der Waals surface area contributed by atoms with Crippen LogP contribution in [0.3, 0.4) is 0 Å². The molecule has 1 atom stereocenters. The van der Waals surface area contributed by atoms with Crippen LogP contribution in [0.5, 0.6) is 0 Å². The molecule has 0 aliphatic rings. The lowest BCUT2D eigenvalue weighted by atomic mass is 10.3. The van der Waals surface area contributed by atoms with E-state index in [1.54, 1.807) is 6.92 Å². The lowest BCUT2D eigenvalue weighted by Crippen LogP contribution is -2.18. The second kappa shape index (κ2) is 1.95. The van der Waals surface area contributed by atoms with Crippen molar-refractivity contribution in [2.75, 3.05) is 0 Å². The van der Waals surface area contributed by atoms with Crippen molar-refractivity contribution in [3.63, 3.8) is 0 Å². The first-order valence-corrected chi connectivity index (χ1v) is 1.73. The van der Waals surface area contributed by atoms with Gasteiger partial charge in [0.1, 0.15) is 6.23 Å². The van der Waals surface area contributed by atoms with Gasteiger partial charge in [0.05, 0.1) is 0 Å². The summed E-state index contributed by atoms with van der Waals surface area (Å²) in [5, 5.41) is 8.31. The fourth-order valence-electron chi connectivity index (χ4n) is 0. The minimum atomic E-state index is -0.843. The Hall–Kier alpha value is -0.340. The van der Waals surface area contributed by atoms with Crippen LogP contribution in [0.1, 0.15) is 6.92 Å². The monoisotopic (exact) mass is 87.1 g/mol. The van der Waals surface area contributed by atoms with Crippen LogP contribution < -0.4 is 5.73 Å². The fraction of sp³-hybridized carbons (Fsp3) is 0.500. The normalized spacial score (nSPS) is 13.8. The van der Waals surface area contributed by atoms with Crippen LogP contribution in [0, 0.1) is 0 Å². The van der Waals surface area contributed by atoms with E-state index < -0.39 is 6.23 Å². The van der Waals surface area contributed by atoms with Gasteiger partial charge in [-0.2, -0.15) is 0 Å². The van der Waals surface area contributed by atoms with E-state index in [1.165, 1.54) is 0 Å². The summed E-state index contributed by atoms with van der Waals surface area (Å²) >= 11 is 0. The Labute approximate surface area is 37.3 Å². The van der Waals surface area contributed by atoms with Crippen LogP contribution in [0.15, 0.2) is 12.2 Å². The molecule has 0 aliphatic heterocycles. The number of hydrogen-bond donors (Lipinski definition) is 2. The number of nitrogens with two attached hydrogens (primary N) is 1. The molecule has 0 aromatic rings. The van der Waals surface area contributed by atoms with Gasteiger partial charge in [0.25, 0.3) is 0 Å². The standard InChI is InChI=1S/C4H9NO/c1-3(2)4(5)6/h4,6H,1,5H2,2H3. The Bertz CT molecular complexity index is 58.6. The first-order valence-electron chi connectivity index (χ1n) is 1.73. The van der Waals surface area contributed by atoms with E-state index in [-0.39, 0.29) is 0 Å². The Balaban J connectivity index is 3.26. The molecule has 0 rings (SSSR count). The molecule has 0 saturated carbocycles. The smallest absolute Gasteiger partial charge is 0.124 e. The molecule has 36 valence electrons. The van der Waals surface area contributed by atoms with E-state index in [4.69, 9.17) is 10.8 Å². The summed E-state index contributed by atoms with van der Waals surface area (Å²) < 4.78 is 0. The van der Waals surface area contributed by atoms with Crippen LogP contribution in [-0.2, 0) is 0 Å². The van der Waals surface area contributed by atoms with E-state index in [2.05, 4.69) is 6.58 Å². The SMILES string of the molecule is C=C(C)C(N)O. The van der Waals surface area contributed by atoms with Crippen molar-refractivity contribution in [2.45, 2.75) is 13.2 Å². The Morgan fingerprint density at radius 3 is 2.17 bits per heavy atom. The van der Waals surface area contributed by atoms with Crippen LogP contribution in [0.2, 0.25) is 0 Å². The van der Waals surface area contributed by atoms with Gasteiger partial charge in [0.15, 0.2) is 0 Å². The molecule has 0 amide bonds. The zero-order valence-electron chi connectivity index (χ0n) is 3.81. The summed E-state index contributed by atoms with van der Waals surface area (Å²) in [5.41, 5.74) is 5.48. The number of rotatable bonds is 1. The Kier molecular flexibility index (Phi) is 1.84. The van der Waals surface area contributed by atoms with Gasteiger partial charge in [-0.15, -0.1) is 0 Å². The predicted molar refractivity (Wildman–Crippen MR) is 25.0 cm³/mol. The largest absolute Gasteiger partial charge is 0.375 e. The van der Waals surface area contributed by atoms with Gasteiger partial charge >= 0.3 is 0 Å². The van der Waals surface area contributed by atoms with Gasteiger partial charge < -0.3 is 10.8 Å². The summed E-state index contributed by atoms with van der Waals surface area (Å²) in [4.78, 5) is 0. The molecule has 0 radical (unpaired) electrons. The van der Waals surface area contributed by atoms with Crippen molar-refractivity contribution in [3.8, 4) is 0 Å². The van der Waals surface area contributed by atoms with Gasteiger partial charge in [-0.1, -0.05) is 6.58 Å². The van der Waals surface area contributed by atoms with Gasteiger partial charge in [-0.05, 0) is 12.5 Å². The number of hydrogen-bond acceptors (Lipinski definition) is 2. The third-order valence-electron chi connectivity index (χ3n) is 0.505. The first kappa shape index (κ1) is 5.66. The Morgan fingerprint density at radius 1 is 2.00 bits per heavy atom. The summed E-state index contributed by atoms with van der Waals surface area (Å²) in [7, 11) is 0. The Morgan fingerprint density at radius 2 is 2.17 bits per heavy atom. The van der Waals surface area contributed by atoms with Crippen molar-refractivity contribution in [2.24, 2.45) is 5.73 Å². The number of aliphatic hydroxyl groups is 1. The van der Waals surface area contributed by atoms with E-state index in [0.29, 0.717) is 5.57 Å². The van der Waals surface area contributed by atoms with Gasteiger partial charge in [-0.25, -0.2) is 0 Å². The lowest BCUT2D eigenvalue weighted by molar-refractivity contribution is 0.219. The molecule has 3 N–H and O–H groups in total. The van der Waals surface area contributed by atoms with Crippen LogP contribution in [-0.4, -0.2) is 11.3 Å². The average molecular weight is 87.1 g/mol. The lowest BCUT2D eigenvalue weighted by Gasteiger charge is -1.97. The molecule has 0 saturated heterocycles. The van der Waals surface area contributed by atoms with Crippen molar-refractivity contribution in [1.82, 2.24) is 0 Å². The molecule has 0 heterocycles. The molecule has 0 bridgehead atoms. The minimum absolute atomic E-state index is 0.593. The van der Waals surface area contributed by atoms with E-state index in [0.717, 1.165) is 0 Å². The van der Waals surface area contributed by atoms with Gasteiger partial charge in [0, 0.05) is 0 Å². The molecule has 0 spiro atoms. The molecular formula is C4H9NO. The molecule has 0 aromatic carbocycles. The maximum absolute atomic E-state index is 8.31. The molecule has 6 heavy (non-hydrogen) atoms. The molecule has 2 heteroatoms. The van der Waals surface area contributed by atoms with Crippen molar-refractivity contribution in [3.05, 3.63) is 12.2 Å². The van der Waals surface area contributed by atoms with Gasteiger partial charge in [-0.3, -0.25) is 0 Å². The van der Waals surface area contributed by atoms with Crippen LogP contribution >= 0.6 is 0 Å².